The summed E-state index contributed by atoms with van der Waals surface area (Å²) in [5.74, 6) is -1.02. The molecule has 0 aliphatic heterocycles. The van der Waals surface area contributed by atoms with E-state index in [0.29, 0.717) is 10.6 Å². The predicted molar refractivity (Wildman–Crippen MR) is 122 cm³/mol. The van der Waals surface area contributed by atoms with Crippen molar-refractivity contribution in [3.8, 4) is 5.75 Å². The Labute approximate surface area is 204 Å². The number of ether oxygens (including phenoxy) is 3. The first-order valence-corrected chi connectivity index (χ1v) is 10.8. The van der Waals surface area contributed by atoms with Gasteiger partial charge in [-0.3, -0.25) is 0 Å². The van der Waals surface area contributed by atoms with Crippen molar-refractivity contribution in [1.82, 2.24) is 5.32 Å². The standard InChI is InChI=1S/C25H21ClF3NO5/c26-20-11-9-18(10-12-20)22(35-21-8-4-7-19(15-21)25(27,28)29)23(31)33-14-13-30-24(32)34-16-17-5-2-1-3-6-17/h1-12,15,22H,13-14,16H2,(H,30,32). The second kappa shape index (κ2) is 12.1. The average Bonchev–Trinajstić information content (AvgIpc) is 2.85. The van der Waals surface area contributed by atoms with E-state index in [4.69, 9.17) is 25.8 Å². The molecule has 3 aromatic rings. The van der Waals surface area contributed by atoms with Crippen LogP contribution >= 0.6 is 11.6 Å². The van der Waals surface area contributed by atoms with Gasteiger partial charge in [-0.05, 0) is 35.9 Å². The number of carbonyl (C=O) groups is 2. The highest BCUT2D eigenvalue weighted by Crippen LogP contribution is 2.33. The molecule has 0 saturated carbocycles. The maximum absolute atomic E-state index is 13.0. The number of carbonyl (C=O) groups excluding carboxylic acids is 2. The van der Waals surface area contributed by atoms with Gasteiger partial charge < -0.3 is 19.5 Å². The molecular weight excluding hydrogens is 487 g/mol. The van der Waals surface area contributed by atoms with Gasteiger partial charge in [-0.1, -0.05) is 60.1 Å². The number of benzene rings is 3. The van der Waals surface area contributed by atoms with Crippen molar-refractivity contribution in [2.45, 2.75) is 18.9 Å². The maximum Gasteiger partial charge on any atom is 0.416 e. The number of halogens is 4. The fourth-order valence-electron chi connectivity index (χ4n) is 2.93. The molecule has 0 aliphatic carbocycles. The molecule has 0 saturated heterocycles. The van der Waals surface area contributed by atoms with Crippen LogP contribution < -0.4 is 10.1 Å². The van der Waals surface area contributed by atoms with Crippen molar-refractivity contribution in [1.29, 1.82) is 0 Å². The number of hydrogen-bond donors (Lipinski definition) is 1. The van der Waals surface area contributed by atoms with Crippen molar-refractivity contribution >= 4 is 23.7 Å². The smallest absolute Gasteiger partial charge is 0.416 e. The molecule has 35 heavy (non-hydrogen) atoms. The fraction of sp³-hybridized carbons (Fsp3) is 0.200. The summed E-state index contributed by atoms with van der Waals surface area (Å²) in [6.45, 7) is -0.179. The molecule has 6 nitrogen and oxygen atoms in total. The van der Waals surface area contributed by atoms with E-state index >= 15 is 0 Å². The lowest BCUT2D eigenvalue weighted by molar-refractivity contribution is -0.152. The summed E-state index contributed by atoms with van der Waals surface area (Å²) >= 11 is 5.89. The Balaban J connectivity index is 1.58. The van der Waals surface area contributed by atoms with Gasteiger partial charge in [-0.25, -0.2) is 9.59 Å². The molecule has 1 amide bonds. The Morgan fingerprint density at radius 3 is 2.31 bits per heavy atom. The van der Waals surface area contributed by atoms with Crippen molar-refractivity contribution in [2.24, 2.45) is 0 Å². The van der Waals surface area contributed by atoms with Crippen LogP contribution in [0.4, 0.5) is 18.0 Å². The van der Waals surface area contributed by atoms with Crippen LogP contribution in [0.3, 0.4) is 0 Å². The van der Waals surface area contributed by atoms with Crippen LogP contribution in [-0.2, 0) is 27.1 Å². The highest BCUT2D eigenvalue weighted by atomic mass is 35.5. The zero-order valence-electron chi connectivity index (χ0n) is 18.3. The zero-order chi connectivity index (χ0) is 25.3. The van der Waals surface area contributed by atoms with Gasteiger partial charge >= 0.3 is 18.2 Å². The quantitative estimate of drug-likeness (QED) is 0.286. The molecule has 0 radical (unpaired) electrons. The number of amides is 1. The molecule has 3 rings (SSSR count). The van der Waals surface area contributed by atoms with E-state index in [1.54, 1.807) is 12.1 Å². The first-order valence-electron chi connectivity index (χ1n) is 10.4. The second-order valence-electron chi connectivity index (χ2n) is 7.23. The Hall–Kier alpha value is -3.72. The third-order valence-electron chi connectivity index (χ3n) is 4.63. The van der Waals surface area contributed by atoms with Crippen LogP contribution in [0.5, 0.6) is 5.75 Å². The highest BCUT2D eigenvalue weighted by molar-refractivity contribution is 6.30. The molecule has 3 aromatic carbocycles. The lowest BCUT2D eigenvalue weighted by Crippen LogP contribution is -2.30. The molecule has 10 heteroatoms. The molecule has 0 bridgehead atoms. The third kappa shape index (κ3) is 8.22. The number of alkyl halides is 3. The summed E-state index contributed by atoms with van der Waals surface area (Å²) in [4.78, 5) is 24.5. The van der Waals surface area contributed by atoms with Gasteiger partial charge in [0.1, 0.15) is 19.0 Å². The van der Waals surface area contributed by atoms with Crippen LogP contribution in [0.25, 0.3) is 0 Å². The normalized spacial score (nSPS) is 11.9. The predicted octanol–water partition coefficient (Wildman–Crippen LogP) is 5.95. The summed E-state index contributed by atoms with van der Waals surface area (Å²) in [6, 6.07) is 19.3. The number of esters is 1. The number of nitrogens with one attached hydrogen (secondary N) is 1. The second-order valence-corrected chi connectivity index (χ2v) is 7.67. The van der Waals surface area contributed by atoms with Crippen LogP contribution in [0.15, 0.2) is 78.9 Å². The summed E-state index contributed by atoms with van der Waals surface area (Å²) in [5.41, 5.74) is 0.218. The van der Waals surface area contributed by atoms with Crippen molar-refractivity contribution in [2.75, 3.05) is 13.2 Å². The minimum atomic E-state index is -4.57. The van der Waals surface area contributed by atoms with Crippen molar-refractivity contribution < 1.29 is 37.0 Å². The van der Waals surface area contributed by atoms with E-state index in [2.05, 4.69) is 5.32 Å². The Bertz CT molecular complexity index is 1120. The SMILES string of the molecule is O=C(NCCOC(=O)C(Oc1cccc(C(F)(F)F)c1)c1ccc(Cl)cc1)OCc1ccccc1. The molecule has 0 aromatic heterocycles. The monoisotopic (exact) mass is 507 g/mol. The molecule has 0 fully saturated rings. The van der Waals surface area contributed by atoms with Gasteiger partial charge in [0.25, 0.3) is 0 Å². The van der Waals surface area contributed by atoms with Crippen LogP contribution in [0.1, 0.15) is 22.8 Å². The molecular formula is C25H21ClF3NO5. The third-order valence-corrected chi connectivity index (χ3v) is 4.88. The van der Waals surface area contributed by atoms with E-state index in [0.717, 1.165) is 17.7 Å². The van der Waals surface area contributed by atoms with E-state index in [9.17, 15) is 22.8 Å². The minimum Gasteiger partial charge on any atom is -0.474 e. The maximum atomic E-state index is 13.0. The molecule has 1 unspecified atom stereocenters. The summed E-state index contributed by atoms with van der Waals surface area (Å²) in [5, 5.41) is 2.85. The highest BCUT2D eigenvalue weighted by Gasteiger charge is 2.31. The minimum absolute atomic E-state index is 0.0454. The topological polar surface area (TPSA) is 73.9 Å². The lowest BCUT2D eigenvalue weighted by atomic mass is 10.1. The van der Waals surface area contributed by atoms with Crippen molar-refractivity contribution in [3.63, 3.8) is 0 Å². The summed E-state index contributed by atoms with van der Waals surface area (Å²) in [7, 11) is 0. The van der Waals surface area contributed by atoms with Gasteiger partial charge in [-0.15, -0.1) is 0 Å². The number of rotatable bonds is 9. The molecule has 1 atom stereocenters. The molecule has 1 N–H and O–H groups in total. The van der Waals surface area contributed by atoms with Crippen LogP contribution in [0.2, 0.25) is 5.02 Å². The van der Waals surface area contributed by atoms with Gasteiger partial charge in [-0.2, -0.15) is 13.2 Å². The van der Waals surface area contributed by atoms with E-state index in [1.165, 1.54) is 36.4 Å². The van der Waals surface area contributed by atoms with Gasteiger partial charge in [0, 0.05) is 10.6 Å². The molecule has 0 heterocycles. The molecule has 184 valence electrons. The van der Waals surface area contributed by atoms with Crippen LogP contribution in [-0.4, -0.2) is 25.2 Å². The largest absolute Gasteiger partial charge is 0.474 e. The number of hydrogen-bond acceptors (Lipinski definition) is 5. The van der Waals surface area contributed by atoms with Crippen LogP contribution in [0, 0.1) is 0 Å². The van der Waals surface area contributed by atoms with E-state index < -0.39 is 29.9 Å². The van der Waals surface area contributed by atoms with E-state index in [-0.39, 0.29) is 25.5 Å². The Morgan fingerprint density at radius 1 is 0.914 bits per heavy atom. The van der Waals surface area contributed by atoms with Gasteiger partial charge in [0.2, 0.25) is 6.10 Å². The van der Waals surface area contributed by atoms with Crippen molar-refractivity contribution in [3.05, 3.63) is 101 Å². The van der Waals surface area contributed by atoms with Gasteiger partial charge in [0.05, 0.1) is 12.1 Å². The molecule has 0 spiro atoms. The Kier molecular flexibility index (Phi) is 8.97. The summed E-state index contributed by atoms with van der Waals surface area (Å²) in [6.07, 6.45) is -6.63. The Morgan fingerprint density at radius 2 is 1.63 bits per heavy atom. The van der Waals surface area contributed by atoms with Gasteiger partial charge in [0.15, 0.2) is 0 Å². The molecule has 0 aliphatic rings. The first-order chi connectivity index (χ1) is 16.7. The zero-order valence-corrected chi connectivity index (χ0v) is 19.0. The lowest BCUT2D eigenvalue weighted by Gasteiger charge is -2.19. The van der Waals surface area contributed by atoms with E-state index in [1.807, 2.05) is 18.2 Å². The first kappa shape index (κ1) is 25.9. The fourth-order valence-corrected chi connectivity index (χ4v) is 3.05. The number of alkyl carbamates (subject to hydrolysis) is 1. The average molecular weight is 508 g/mol. The summed E-state index contributed by atoms with van der Waals surface area (Å²) < 4.78 is 55.0.